The quantitative estimate of drug-likeness (QED) is 0.830. The Labute approximate surface area is 129 Å². The summed E-state index contributed by atoms with van der Waals surface area (Å²) in [6.45, 7) is 2.51. The van der Waals surface area contributed by atoms with E-state index in [1.54, 1.807) is 38.0 Å². The van der Waals surface area contributed by atoms with Gasteiger partial charge >= 0.3 is 0 Å². The van der Waals surface area contributed by atoms with Gasteiger partial charge in [0, 0.05) is 37.7 Å². The van der Waals surface area contributed by atoms with Gasteiger partial charge in [0.2, 0.25) is 17.7 Å². The van der Waals surface area contributed by atoms with Crippen LogP contribution in [0.15, 0.2) is 30.9 Å². The maximum absolute atomic E-state index is 5.68. The molecule has 3 heterocycles. The molecule has 0 atom stereocenters. The number of methoxy groups -OCH3 is 1. The van der Waals surface area contributed by atoms with Crippen LogP contribution in [-0.2, 0) is 0 Å². The molecular weight excluding hydrogens is 282 g/mol. The first-order chi connectivity index (χ1) is 10.8. The topological polar surface area (TPSA) is 73.3 Å². The normalized spacial score (nSPS) is 15.6. The van der Waals surface area contributed by atoms with Crippen LogP contribution in [0.3, 0.4) is 0 Å². The molecule has 0 unspecified atom stereocenters. The van der Waals surface area contributed by atoms with Gasteiger partial charge in [-0.05, 0) is 18.8 Å². The Morgan fingerprint density at radius 1 is 1.14 bits per heavy atom. The van der Waals surface area contributed by atoms with Crippen molar-refractivity contribution in [1.82, 2.24) is 19.9 Å². The van der Waals surface area contributed by atoms with Gasteiger partial charge in [-0.25, -0.2) is 9.97 Å². The Balaban J connectivity index is 1.49. The maximum Gasteiger partial charge on any atom is 0.232 e. The molecule has 0 N–H and O–H groups in total. The number of piperidine rings is 1. The number of nitrogens with zero attached hydrogens (tertiary/aromatic N) is 5. The predicted octanol–water partition coefficient (Wildman–Crippen LogP) is 1.57. The summed E-state index contributed by atoms with van der Waals surface area (Å²) in [5.41, 5.74) is 0. The molecule has 1 aliphatic heterocycles. The number of ether oxygens (including phenoxy) is 2. The molecule has 7 heteroatoms. The van der Waals surface area contributed by atoms with Gasteiger partial charge in [0.1, 0.15) is 0 Å². The zero-order valence-electron chi connectivity index (χ0n) is 12.6. The largest absolute Gasteiger partial charge is 0.481 e. The third-order valence-electron chi connectivity index (χ3n) is 3.73. The Hall–Kier alpha value is -2.44. The van der Waals surface area contributed by atoms with Crippen molar-refractivity contribution in [2.45, 2.75) is 12.8 Å². The van der Waals surface area contributed by atoms with E-state index in [0.717, 1.165) is 31.9 Å². The van der Waals surface area contributed by atoms with Crippen LogP contribution in [0.25, 0.3) is 0 Å². The first-order valence-corrected chi connectivity index (χ1v) is 7.36. The van der Waals surface area contributed by atoms with Crippen LogP contribution in [0.4, 0.5) is 5.95 Å². The first kappa shape index (κ1) is 14.5. The second kappa shape index (κ2) is 7.02. The van der Waals surface area contributed by atoms with Crippen molar-refractivity contribution < 1.29 is 9.47 Å². The highest BCUT2D eigenvalue weighted by Gasteiger charge is 2.21. The van der Waals surface area contributed by atoms with Crippen LogP contribution in [-0.4, -0.2) is 46.7 Å². The zero-order valence-corrected chi connectivity index (χ0v) is 12.6. The van der Waals surface area contributed by atoms with Gasteiger partial charge < -0.3 is 14.4 Å². The Bertz CT molecular complexity index is 587. The standard InChI is InChI=1S/C15H19N5O2/c1-21-13-2-5-18-15(19-13)20-8-3-12(4-9-20)11-22-14-10-16-6-7-17-14/h2,5-7,10,12H,3-4,8-9,11H2,1H3. The molecule has 116 valence electrons. The fourth-order valence-corrected chi connectivity index (χ4v) is 2.46. The Morgan fingerprint density at radius 3 is 2.73 bits per heavy atom. The van der Waals surface area contributed by atoms with Crippen LogP contribution in [0.1, 0.15) is 12.8 Å². The molecule has 2 aromatic rings. The van der Waals surface area contributed by atoms with Crippen molar-refractivity contribution in [3.05, 3.63) is 30.9 Å². The number of hydrogen-bond acceptors (Lipinski definition) is 7. The third kappa shape index (κ3) is 3.60. The van der Waals surface area contributed by atoms with Crippen LogP contribution < -0.4 is 14.4 Å². The minimum Gasteiger partial charge on any atom is -0.481 e. The smallest absolute Gasteiger partial charge is 0.232 e. The zero-order chi connectivity index (χ0) is 15.2. The van der Waals surface area contributed by atoms with Crippen LogP contribution >= 0.6 is 0 Å². The average molecular weight is 301 g/mol. The summed E-state index contributed by atoms with van der Waals surface area (Å²) in [7, 11) is 1.61. The van der Waals surface area contributed by atoms with Crippen molar-refractivity contribution >= 4 is 5.95 Å². The van der Waals surface area contributed by atoms with E-state index in [1.165, 1.54) is 0 Å². The molecule has 0 radical (unpaired) electrons. The highest BCUT2D eigenvalue weighted by molar-refractivity contribution is 5.32. The van der Waals surface area contributed by atoms with E-state index in [1.807, 2.05) is 0 Å². The summed E-state index contributed by atoms with van der Waals surface area (Å²) in [5.74, 6) is 2.43. The third-order valence-corrected chi connectivity index (χ3v) is 3.73. The molecule has 7 nitrogen and oxygen atoms in total. The minimum atomic E-state index is 0.517. The maximum atomic E-state index is 5.68. The monoisotopic (exact) mass is 301 g/mol. The molecule has 0 spiro atoms. The summed E-state index contributed by atoms with van der Waals surface area (Å²) in [5, 5.41) is 0. The highest BCUT2D eigenvalue weighted by Crippen LogP contribution is 2.22. The van der Waals surface area contributed by atoms with Gasteiger partial charge in [-0.1, -0.05) is 0 Å². The molecule has 0 saturated carbocycles. The van der Waals surface area contributed by atoms with Gasteiger partial charge in [0.05, 0.1) is 19.9 Å². The fraction of sp³-hybridized carbons (Fsp3) is 0.467. The molecule has 1 aliphatic rings. The predicted molar refractivity (Wildman–Crippen MR) is 81.0 cm³/mol. The van der Waals surface area contributed by atoms with E-state index < -0.39 is 0 Å². The van der Waals surface area contributed by atoms with E-state index >= 15 is 0 Å². The lowest BCUT2D eigenvalue weighted by atomic mass is 9.98. The SMILES string of the molecule is COc1ccnc(N2CCC(COc3cnccn3)CC2)n1. The number of aromatic nitrogens is 4. The second-order valence-corrected chi connectivity index (χ2v) is 5.18. The average Bonchev–Trinajstić information content (AvgIpc) is 2.61. The van der Waals surface area contributed by atoms with E-state index in [9.17, 15) is 0 Å². The lowest BCUT2D eigenvalue weighted by Gasteiger charge is -2.31. The van der Waals surface area contributed by atoms with Crippen molar-refractivity contribution in [2.24, 2.45) is 5.92 Å². The van der Waals surface area contributed by atoms with Crippen LogP contribution in [0.2, 0.25) is 0 Å². The van der Waals surface area contributed by atoms with E-state index in [0.29, 0.717) is 24.3 Å². The second-order valence-electron chi connectivity index (χ2n) is 5.18. The molecule has 1 saturated heterocycles. The van der Waals surface area contributed by atoms with Crippen molar-refractivity contribution in [2.75, 3.05) is 31.7 Å². The summed E-state index contributed by atoms with van der Waals surface area (Å²) >= 11 is 0. The van der Waals surface area contributed by atoms with Gasteiger partial charge in [0.15, 0.2) is 0 Å². The number of rotatable bonds is 5. The summed E-state index contributed by atoms with van der Waals surface area (Å²) in [4.78, 5) is 19.0. The molecule has 0 amide bonds. The van der Waals surface area contributed by atoms with Gasteiger partial charge in [0.25, 0.3) is 0 Å². The molecule has 1 fully saturated rings. The molecule has 0 bridgehead atoms. The van der Waals surface area contributed by atoms with Gasteiger partial charge in [-0.15, -0.1) is 0 Å². The molecule has 22 heavy (non-hydrogen) atoms. The lowest BCUT2D eigenvalue weighted by Crippen LogP contribution is -2.36. The molecular formula is C15H19N5O2. The molecule has 0 aliphatic carbocycles. The van der Waals surface area contributed by atoms with Crippen molar-refractivity contribution in [3.63, 3.8) is 0 Å². The Morgan fingerprint density at radius 2 is 2.00 bits per heavy atom. The molecule has 2 aromatic heterocycles. The van der Waals surface area contributed by atoms with Gasteiger partial charge in [-0.2, -0.15) is 4.98 Å². The summed E-state index contributed by atoms with van der Waals surface area (Å²) in [6, 6.07) is 1.75. The van der Waals surface area contributed by atoms with Crippen LogP contribution in [0, 0.1) is 5.92 Å². The van der Waals surface area contributed by atoms with E-state index in [2.05, 4.69) is 24.8 Å². The van der Waals surface area contributed by atoms with Gasteiger partial charge in [-0.3, -0.25) is 4.98 Å². The van der Waals surface area contributed by atoms with Crippen molar-refractivity contribution in [3.8, 4) is 11.8 Å². The van der Waals surface area contributed by atoms with Crippen molar-refractivity contribution in [1.29, 1.82) is 0 Å². The highest BCUT2D eigenvalue weighted by atomic mass is 16.5. The van der Waals surface area contributed by atoms with E-state index in [-0.39, 0.29) is 0 Å². The Kier molecular flexibility index (Phi) is 4.62. The van der Waals surface area contributed by atoms with E-state index in [4.69, 9.17) is 9.47 Å². The fourth-order valence-electron chi connectivity index (χ4n) is 2.46. The van der Waals surface area contributed by atoms with Crippen LogP contribution in [0.5, 0.6) is 11.8 Å². The first-order valence-electron chi connectivity index (χ1n) is 7.36. The number of anilines is 1. The summed E-state index contributed by atoms with van der Waals surface area (Å²) < 4.78 is 10.8. The molecule has 0 aromatic carbocycles. The molecule has 3 rings (SSSR count). The minimum absolute atomic E-state index is 0.517. The lowest BCUT2D eigenvalue weighted by molar-refractivity contribution is 0.215. The summed E-state index contributed by atoms with van der Waals surface area (Å²) in [6.07, 6.45) is 8.73. The number of hydrogen-bond donors (Lipinski definition) is 0.